The monoisotopic (exact) mass is 639 g/mol. The van der Waals surface area contributed by atoms with Gasteiger partial charge in [0, 0.05) is 6.54 Å². The van der Waals surface area contributed by atoms with Crippen LogP contribution < -0.4 is 10.1 Å². The Hall–Kier alpha value is -4.41. The minimum atomic E-state index is -1.28. The van der Waals surface area contributed by atoms with Gasteiger partial charge in [0.1, 0.15) is 11.5 Å². The molecule has 1 saturated carbocycles. The smallest absolute Gasteiger partial charge is 0.314 e. The number of para-hydroxylation sites is 1. The van der Waals surface area contributed by atoms with Crippen LogP contribution in [0.1, 0.15) is 73.3 Å². The zero-order valence-corrected chi connectivity index (χ0v) is 27.7. The van der Waals surface area contributed by atoms with E-state index in [0.29, 0.717) is 17.9 Å². The maximum Gasteiger partial charge on any atom is 0.314 e. The number of amides is 1. The number of ether oxygens (including phenoxy) is 5. The molecule has 3 atom stereocenters. The molecule has 1 amide bonds. The van der Waals surface area contributed by atoms with Crippen LogP contribution in [0.5, 0.6) is 11.5 Å². The van der Waals surface area contributed by atoms with Gasteiger partial charge < -0.3 is 29.0 Å². The van der Waals surface area contributed by atoms with E-state index in [4.69, 9.17) is 23.7 Å². The normalized spacial score (nSPS) is 19.2. The summed E-state index contributed by atoms with van der Waals surface area (Å²) in [7, 11) is 0. The fourth-order valence-corrected chi connectivity index (χ4v) is 5.09. The van der Waals surface area contributed by atoms with Crippen LogP contribution in [0.2, 0.25) is 0 Å². The van der Waals surface area contributed by atoms with Crippen LogP contribution in [0.15, 0.2) is 54.6 Å². The van der Waals surface area contributed by atoms with Crippen molar-refractivity contribution in [1.82, 2.24) is 5.32 Å². The van der Waals surface area contributed by atoms with Gasteiger partial charge in [-0.05, 0) is 84.2 Å². The minimum absolute atomic E-state index is 0.0180. The highest BCUT2D eigenvalue weighted by Crippen LogP contribution is 2.55. The Morgan fingerprint density at radius 3 is 1.78 bits per heavy atom. The van der Waals surface area contributed by atoms with Crippen molar-refractivity contribution in [3.05, 3.63) is 60.2 Å². The van der Waals surface area contributed by atoms with Gasteiger partial charge in [0.05, 0.1) is 28.1 Å². The third-order valence-corrected chi connectivity index (χ3v) is 7.65. The third-order valence-electron chi connectivity index (χ3n) is 7.65. The van der Waals surface area contributed by atoms with Crippen molar-refractivity contribution in [1.29, 1.82) is 0 Å². The molecule has 0 heterocycles. The summed E-state index contributed by atoms with van der Waals surface area (Å²) < 4.78 is 26.4. The first-order chi connectivity index (χ1) is 21.6. The minimum Gasteiger partial charge on any atom is -0.457 e. The van der Waals surface area contributed by atoms with Crippen LogP contribution >= 0.6 is 0 Å². The highest BCUT2D eigenvalue weighted by atomic mass is 16.7. The molecular formula is C35H45NO10. The van der Waals surface area contributed by atoms with E-state index in [1.165, 1.54) is 0 Å². The van der Waals surface area contributed by atoms with E-state index < -0.39 is 71.5 Å². The molecular weight excluding hydrogens is 594 g/mol. The number of benzene rings is 2. The molecule has 2 aromatic rings. The lowest BCUT2D eigenvalue weighted by Gasteiger charge is -2.50. The number of hydrogen-bond donors (Lipinski definition) is 1. The Balaban J connectivity index is 1.72. The summed E-state index contributed by atoms with van der Waals surface area (Å²) >= 11 is 0. The standard InChI is InChI=1S/C35H45NO10/c1-8-18-35(30(39)36-20-23-14-16-25(17-15-23)46-24-12-10-9-11-13-24)19-26(28(37)42-21-44-31(40)33(2,3)4)27(35)29(38)43-22-45-32(41)34(5,6)7/h9-17,26-27H,8,18-22H2,1-7H3,(H,36,39). The molecule has 1 N–H and O–H groups in total. The Bertz CT molecular complexity index is 1370. The lowest BCUT2D eigenvalue weighted by atomic mass is 9.51. The Morgan fingerprint density at radius 1 is 0.739 bits per heavy atom. The maximum atomic E-state index is 13.8. The highest BCUT2D eigenvalue weighted by molar-refractivity contribution is 5.95. The molecule has 46 heavy (non-hydrogen) atoms. The van der Waals surface area contributed by atoms with Crippen molar-refractivity contribution in [2.24, 2.45) is 28.1 Å². The second kappa shape index (κ2) is 15.2. The molecule has 0 spiro atoms. The highest BCUT2D eigenvalue weighted by Gasteiger charge is 2.64. The largest absolute Gasteiger partial charge is 0.457 e. The number of rotatable bonds is 13. The van der Waals surface area contributed by atoms with Gasteiger partial charge >= 0.3 is 23.9 Å². The maximum absolute atomic E-state index is 13.8. The summed E-state index contributed by atoms with van der Waals surface area (Å²) in [5.41, 5.74) is -2.10. The van der Waals surface area contributed by atoms with E-state index >= 15 is 0 Å². The van der Waals surface area contributed by atoms with Gasteiger partial charge in [-0.2, -0.15) is 0 Å². The summed E-state index contributed by atoms with van der Waals surface area (Å²) in [6.07, 6.45) is 0.837. The molecule has 11 heteroatoms. The average molecular weight is 640 g/mol. The van der Waals surface area contributed by atoms with Crippen LogP contribution in [0.4, 0.5) is 0 Å². The Kier molecular flexibility index (Phi) is 12.0. The van der Waals surface area contributed by atoms with Crippen molar-refractivity contribution in [2.45, 2.75) is 74.3 Å². The predicted molar refractivity (Wildman–Crippen MR) is 167 cm³/mol. The summed E-state index contributed by atoms with van der Waals surface area (Å²) in [4.78, 5) is 64.6. The molecule has 0 saturated heterocycles. The molecule has 0 bridgehead atoms. The summed E-state index contributed by atoms with van der Waals surface area (Å²) in [5, 5.41) is 2.91. The van der Waals surface area contributed by atoms with Crippen LogP contribution in [-0.4, -0.2) is 43.4 Å². The van der Waals surface area contributed by atoms with Gasteiger partial charge in [0.2, 0.25) is 19.5 Å². The van der Waals surface area contributed by atoms with Crippen molar-refractivity contribution < 1.29 is 47.7 Å². The molecule has 1 aliphatic rings. The molecule has 0 aliphatic heterocycles. The first-order valence-electron chi connectivity index (χ1n) is 15.4. The zero-order chi connectivity index (χ0) is 34.1. The second-order valence-corrected chi connectivity index (χ2v) is 13.5. The van der Waals surface area contributed by atoms with Gasteiger partial charge in [0.25, 0.3) is 0 Å². The number of nitrogens with one attached hydrogen (secondary N) is 1. The molecule has 0 aromatic heterocycles. The van der Waals surface area contributed by atoms with Crippen molar-refractivity contribution >= 4 is 29.8 Å². The van der Waals surface area contributed by atoms with Gasteiger partial charge in [0.15, 0.2) is 0 Å². The molecule has 11 nitrogen and oxygen atoms in total. The lowest BCUT2D eigenvalue weighted by Crippen LogP contribution is -2.62. The fraction of sp³-hybridized carbons (Fsp3) is 0.514. The summed E-state index contributed by atoms with van der Waals surface area (Å²) in [6, 6.07) is 16.6. The van der Waals surface area contributed by atoms with Gasteiger partial charge in [-0.25, -0.2) is 0 Å². The van der Waals surface area contributed by atoms with Crippen LogP contribution in [0.3, 0.4) is 0 Å². The van der Waals surface area contributed by atoms with Crippen molar-refractivity contribution in [2.75, 3.05) is 13.6 Å². The molecule has 1 fully saturated rings. The summed E-state index contributed by atoms with van der Waals surface area (Å²) in [5.74, 6) is -4.16. The van der Waals surface area contributed by atoms with Gasteiger partial charge in [-0.1, -0.05) is 43.7 Å². The van der Waals surface area contributed by atoms with Crippen LogP contribution in [0, 0.1) is 28.1 Å². The van der Waals surface area contributed by atoms with Crippen LogP contribution in [-0.2, 0) is 49.5 Å². The zero-order valence-electron chi connectivity index (χ0n) is 27.7. The summed E-state index contributed by atoms with van der Waals surface area (Å²) in [6.45, 7) is 10.7. The van der Waals surface area contributed by atoms with Crippen molar-refractivity contribution in [3.63, 3.8) is 0 Å². The molecule has 0 radical (unpaired) electrons. The van der Waals surface area contributed by atoms with E-state index in [-0.39, 0.29) is 19.4 Å². The number of hydrogen-bond acceptors (Lipinski definition) is 10. The quantitative estimate of drug-likeness (QED) is 0.214. The SMILES string of the molecule is CCCC1(C(=O)NCc2ccc(Oc3ccccc3)cc2)CC(C(=O)OCOC(=O)C(C)(C)C)C1C(=O)OCOC(=O)C(C)(C)C. The van der Waals surface area contributed by atoms with E-state index in [9.17, 15) is 24.0 Å². The molecule has 3 unspecified atom stereocenters. The Labute approximate surface area is 270 Å². The van der Waals surface area contributed by atoms with E-state index in [2.05, 4.69) is 5.32 Å². The predicted octanol–water partition coefficient (Wildman–Crippen LogP) is 5.70. The van der Waals surface area contributed by atoms with Gasteiger partial charge in [-0.3, -0.25) is 24.0 Å². The lowest BCUT2D eigenvalue weighted by molar-refractivity contribution is -0.202. The molecule has 3 rings (SSSR count). The number of esters is 4. The topological polar surface area (TPSA) is 144 Å². The number of carbonyl (C=O) groups excluding carboxylic acids is 5. The fourth-order valence-electron chi connectivity index (χ4n) is 5.09. The first kappa shape index (κ1) is 36.1. The first-order valence-corrected chi connectivity index (χ1v) is 15.4. The van der Waals surface area contributed by atoms with E-state index in [1.807, 2.05) is 49.4 Å². The van der Waals surface area contributed by atoms with E-state index in [0.717, 1.165) is 5.56 Å². The average Bonchev–Trinajstić information content (AvgIpc) is 2.97. The van der Waals surface area contributed by atoms with Crippen LogP contribution in [0.25, 0.3) is 0 Å². The Morgan fingerprint density at radius 2 is 1.26 bits per heavy atom. The van der Waals surface area contributed by atoms with Crippen molar-refractivity contribution in [3.8, 4) is 11.5 Å². The molecule has 250 valence electrons. The molecule has 2 aromatic carbocycles. The van der Waals surface area contributed by atoms with E-state index in [1.54, 1.807) is 53.7 Å². The second-order valence-electron chi connectivity index (χ2n) is 13.5. The third kappa shape index (κ3) is 9.31. The van der Waals surface area contributed by atoms with Gasteiger partial charge in [-0.15, -0.1) is 0 Å². The molecule has 1 aliphatic carbocycles. The number of carbonyl (C=O) groups is 5.